The van der Waals surface area contributed by atoms with Crippen molar-refractivity contribution in [1.29, 1.82) is 0 Å². The number of aromatic amines is 1. The minimum atomic E-state index is -3.02. The molecule has 5 aromatic rings. The highest BCUT2D eigenvalue weighted by atomic mass is 19.3. The second-order valence-corrected chi connectivity index (χ2v) is 7.86. The van der Waals surface area contributed by atoms with E-state index in [1.54, 1.807) is 23.7 Å². The monoisotopic (exact) mass is 465 g/mol. The van der Waals surface area contributed by atoms with E-state index in [0.29, 0.717) is 28.9 Å². The molecule has 6 rings (SSSR count). The van der Waals surface area contributed by atoms with Crippen LogP contribution in [0.1, 0.15) is 46.0 Å². The molecule has 0 spiro atoms. The minimum Gasteiger partial charge on any atom is -0.438 e. The fraction of sp³-hybridized carbons (Fsp3) is 0.227. The molecule has 1 aliphatic heterocycles. The van der Waals surface area contributed by atoms with Crippen LogP contribution in [0.25, 0.3) is 22.7 Å². The molecule has 1 N–H and O–H groups in total. The molecule has 0 radical (unpaired) electrons. The molecule has 0 fully saturated rings. The first-order chi connectivity index (χ1) is 16.5. The molecule has 34 heavy (non-hydrogen) atoms. The Morgan fingerprint density at radius 1 is 1.24 bits per heavy atom. The summed E-state index contributed by atoms with van der Waals surface area (Å²) in [5.74, 6) is -1.18. The average molecular weight is 465 g/mol. The maximum absolute atomic E-state index is 13.9. The summed E-state index contributed by atoms with van der Waals surface area (Å²) in [7, 11) is 1.67. The Bertz CT molecular complexity index is 1480. The van der Waals surface area contributed by atoms with Gasteiger partial charge in [0.05, 0.1) is 24.5 Å². The number of aryl methyl sites for hydroxylation is 1. The van der Waals surface area contributed by atoms with Gasteiger partial charge in [-0.15, -0.1) is 0 Å². The van der Waals surface area contributed by atoms with Crippen molar-refractivity contribution in [2.24, 2.45) is 7.05 Å². The number of benzene rings is 1. The Labute approximate surface area is 190 Å². The van der Waals surface area contributed by atoms with Gasteiger partial charge in [0.15, 0.2) is 17.3 Å². The number of carbonyl (C=O) groups is 1. The van der Waals surface area contributed by atoms with E-state index in [2.05, 4.69) is 24.9 Å². The first-order valence-corrected chi connectivity index (χ1v) is 10.5. The van der Waals surface area contributed by atoms with Gasteiger partial charge in [-0.05, 0) is 12.1 Å². The van der Waals surface area contributed by atoms with Crippen molar-refractivity contribution in [3.63, 3.8) is 0 Å². The predicted octanol–water partition coefficient (Wildman–Crippen LogP) is 3.66. The van der Waals surface area contributed by atoms with Crippen molar-refractivity contribution in [1.82, 2.24) is 34.4 Å². The molecule has 0 saturated carbocycles. The zero-order chi connectivity index (χ0) is 23.4. The Kier molecular flexibility index (Phi) is 4.54. The van der Waals surface area contributed by atoms with E-state index in [1.165, 1.54) is 23.8 Å². The lowest BCUT2D eigenvalue weighted by atomic mass is 10.0. The third-order valence-electron chi connectivity index (χ3n) is 5.82. The highest BCUT2D eigenvalue weighted by molar-refractivity contribution is 5.93. The Hall–Kier alpha value is -4.35. The van der Waals surface area contributed by atoms with Gasteiger partial charge in [-0.25, -0.2) is 28.7 Å². The molecule has 1 aromatic carbocycles. The molecule has 0 unspecified atom stereocenters. The number of nitrogens with one attached hydrogen (secondary N) is 1. The van der Waals surface area contributed by atoms with E-state index < -0.39 is 29.8 Å². The van der Waals surface area contributed by atoms with Gasteiger partial charge in [-0.2, -0.15) is 0 Å². The number of carbonyl (C=O) groups excluding carboxylic acids is 1. The number of para-hydroxylation sites is 2. The van der Waals surface area contributed by atoms with Crippen LogP contribution in [0.3, 0.4) is 0 Å². The summed E-state index contributed by atoms with van der Waals surface area (Å²) in [5.41, 5.74) is 2.14. The maximum atomic E-state index is 13.9. The van der Waals surface area contributed by atoms with Crippen LogP contribution in [-0.2, 0) is 13.5 Å². The minimum absolute atomic E-state index is 0.116. The zero-order valence-electron chi connectivity index (χ0n) is 17.8. The number of oxazole rings is 2. The number of hydrogen-bond acceptors (Lipinski definition) is 7. The Morgan fingerprint density at radius 3 is 2.85 bits per heavy atom. The van der Waals surface area contributed by atoms with E-state index in [1.807, 2.05) is 12.1 Å². The third-order valence-corrected chi connectivity index (χ3v) is 5.82. The third kappa shape index (κ3) is 3.10. The van der Waals surface area contributed by atoms with Gasteiger partial charge in [0.25, 0.3) is 12.3 Å². The number of hydrogen-bond donors (Lipinski definition) is 1. The lowest BCUT2D eigenvalue weighted by Gasteiger charge is -2.32. The van der Waals surface area contributed by atoms with Crippen molar-refractivity contribution >= 4 is 17.0 Å². The molecule has 0 bridgehead atoms. The second-order valence-electron chi connectivity index (χ2n) is 7.86. The van der Waals surface area contributed by atoms with Crippen molar-refractivity contribution in [2.45, 2.75) is 18.9 Å². The predicted molar refractivity (Wildman–Crippen MR) is 113 cm³/mol. The lowest BCUT2D eigenvalue weighted by molar-refractivity contribution is 0.0621. The topological polar surface area (TPSA) is 119 Å². The van der Waals surface area contributed by atoms with Gasteiger partial charge in [-0.3, -0.25) is 4.79 Å². The van der Waals surface area contributed by atoms with Crippen LogP contribution in [0.2, 0.25) is 0 Å². The van der Waals surface area contributed by atoms with Crippen LogP contribution in [0, 0.1) is 0 Å². The van der Waals surface area contributed by atoms with E-state index in [4.69, 9.17) is 8.83 Å². The van der Waals surface area contributed by atoms with E-state index in [9.17, 15) is 13.6 Å². The van der Waals surface area contributed by atoms with E-state index in [0.717, 1.165) is 5.69 Å². The molecule has 10 nitrogen and oxygen atoms in total. The van der Waals surface area contributed by atoms with Crippen molar-refractivity contribution in [3.05, 3.63) is 71.8 Å². The number of H-pyrrole nitrogens is 1. The highest BCUT2D eigenvalue weighted by Crippen LogP contribution is 2.37. The Balaban J connectivity index is 1.46. The number of halogens is 2. The normalized spacial score (nSPS) is 15.9. The average Bonchev–Trinajstić information content (AvgIpc) is 3.62. The van der Waals surface area contributed by atoms with Crippen LogP contribution < -0.4 is 0 Å². The van der Waals surface area contributed by atoms with Crippen LogP contribution in [0.15, 0.2) is 52.0 Å². The fourth-order valence-corrected chi connectivity index (χ4v) is 4.19. The highest BCUT2D eigenvalue weighted by Gasteiger charge is 2.41. The molecule has 172 valence electrons. The SMILES string of the molecule is Cn1cncc1-c1nc(C(F)F)c(C(=O)N2CCc3[nH]cnc3[C@H]2c2nc3ccccc3o2)o1. The fourth-order valence-electron chi connectivity index (χ4n) is 4.19. The molecular weight excluding hydrogens is 448 g/mol. The number of nitrogens with zero attached hydrogens (tertiary/aromatic N) is 6. The summed E-state index contributed by atoms with van der Waals surface area (Å²) >= 11 is 0. The summed E-state index contributed by atoms with van der Waals surface area (Å²) in [4.78, 5) is 34.9. The van der Waals surface area contributed by atoms with E-state index in [-0.39, 0.29) is 18.3 Å². The van der Waals surface area contributed by atoms with Gasteiger partial charge in [0, 0.05) is 25.7 Å². The van der Waals surface area contributed by atoms with Gasteiger partial charge >= 0.3 is 0 Å². The standard InChI is InChI=1S/C22H17F2N7O3/c1-30-10-25-8-13(30)20-29-16(19(23)24)18(34-20)22(32)31-7-6-12-15(27-9-26-12)17(31)21-28-11-4-2-3-5-14(11)33-21/h2-5,8-10,17,19H,6-7H2,1H3,(H,26,27)/t17-/m0/s1. The molecule has 1 aliphatic rings. The molecule has 4 aromatic heterocycles. The zero-order valence-corrected chi connectivity index (χ0v) is 17.8. The van der Waals surface area contributed by atoms with Gasteiger partial charge in [0.2, 0.25) is 17.5 Å². The summed E-state index contributed by atoms with van der Waals surface area (Å²) < 4.78 is 40.9. The van der Waals surface area contributed by atoms with Crippen molar-refractivity contribution in [3.8, 4) is 11.6 Å². The molecule has 5 heterocycles. The summed E-state index contributed by atoms with van der Waals surface area (Å²) in [6, 6.07) is 6.35. The largest absolute Gasteiger partial charge is 0.438 e. The molecule has 0 saturated heterocycles. The van der Waals surface area contributed by atoms with Crippen LogP contribution in [-0.4, -0.2) is 46.8 Å². The quantitative estimate of drug-likeness (QED) is 0.430. The first kappa shape index (κ1) is 20.3. The molecule has 0 aliphatic carbocycles. The first-order valence-electron chi connectivity index (χ1n) is 10.5. The molecular formula is C22H17F2N7O3. The molecule has 1 atom stereocenters. The second kappa shape index (κ2) is 7.61. The van der Waals surface area contributed by atoms with Crippen LogP contribution in [0.5, 0.6) is 0 Å². The molecule has 1 amide bonds. The summed E-state index contributed by atoms with van der Waals surface area (Å²) in [6.45, 7) is 0.210. The van der Waals surface area contributed by atoms with Crippen LogP contribution >= 0.6 is 0 Å². The van der Waals surface area contributed by atoms with Gasteiger partial charge < -0.3 is 23.3 Å². The number of fused-ring (bicyclic) bond motifs is 2. The number of rotatable bonds is 4. The summed E-state index contributed by atoms with van der Waals surface area (Å²) in [6.07, 6.45) is 1.86. The Morgan fingerprint density at radius 2 is 2.09 bits per heavy atom. The lowest BCUT2D eigenvalue weighted by Crippen LogP contribution is -2.41. The number of amides is 1. The maximum Gasteiger partial charge on any atom is 0.292 e. The van der Waals surface area contributed by atoms with Crippen molar-refractivity contribution < 1.29 is 22.4 Å². The van der Waals surface area contributed by atoms with E-state index >= 15 is 0 Å². The van der Waals surface area contributed by atoms with Crippen molar-refractivity contribution in [2.75, 3.05) is 6.54 Å². The number of alkyl halides is 2. The molecule has 12 heteroatoms. The smallest absolute Gasteiger partial charge is 0.292 e. The van der Waals surface area contributed by atoms with Gasteiger partial charge in [-0.1, -0.05) is 12.1 Å². The van der Waals surface area contributed by atoms with Gasteiger partial charge in [0.1, 0.15) is 11.2 Å². The number of imidazole rings is 2. The van der Waals surface area contributed by atoms with Crippen LogP contribution in [0.4, 0.5) is 8.78 Å². The number of aromatic nitrogens is 6. The summed E-state index contributed by atoms with van der Waals surface area (Å²) in [5, 5.41) is 0.